The Hall–Kier alpha value is -1.23. The lowest BCUT2D eigenvalue weighted by Crippen LogP contribution is -2.01. The summed E-state index contributed by atoms with van der Waals surface area (Å²) >= 11 is 2.00. The summed E-state index contributed by atoms with van der Waals surface area (Å²) < 4.78 is 1.72. The van der Waals surface area contributed by atoms with Crippen LogP contribution < -0.4 is 5.73 Å². The second-order valence-corrected chi connectivity index (χ2v) is 4.92. The molecule has 0 amide bonds. The predicted molar refractivity (Wildman–Crippen MR) is 62.1 cm³/mol. The smallest absolute Gasteiger partial charge is 0.160 e. The Morgan fingerprint density at radius 2 is 2.47 bits per heavy atom. The first-order valence-corrected chi connectivity index (χ1v) is 6.17. The van der Waals surface area contributed by atoms with Gasteiger partial charge in [-0.25, -0.2) is 4.98 Å². The van der Waals surface area contributed by atoms with Crippen molar-refractivity contribution in [3.05, 3.63) is 24.0 Å². The molecule has 0 spiro atoms. The van der Waals surface area contributed by atoms with Gasteiger partial charge in [0, 0.05) is 17.5 Å². The van der Waals surface area contributed by atoms with Gasteiger partial charge in [-0.15, -0.1) is 0 Å². The zero-order valence-electron chi connectivity index (χ0n) is 8.26. The van der Waals surface area contributed by atoms with Gasteiger partial charge in [0.2, 0.25) is 0 Å². The van der Waals surface area contributed by atoms with Gasteiger partial charge in [-0.05, 0) is 24.2 Å². The lowest BCUT2D eigenvalue weighted by Gasteiger charge is -2.05. The summed E-state index contributed by atoms with van der Waals surface area (Å²) in [6.45, 7) is 0. The minimum absolute atomic E-state index is 0.599. The SMILES string of the molecule is Nc1ccnc2c(C3CCSC3)cnn12. The molecule has 3 rings (SSSR count). The molecule has 0 radical (unpaired) electrons. The third kappa shape index (κ3) is 1.38. The lowest BCUT2D eigenvalue weighted by atomic mass is 10.0. The Morgan fingerprint density at radius 3 is 3.27 bits per heavy atom. The zero-order valence-corrected chi connectivity index (χ0v) is 9.07. The summed E-state index contributed by atoms with van der Waals surface area (Å²) in [7, 11) is 0. The van der Waals surface area contributed by atoms with Crippen LogP contribution in [0.2, 0.25) is 0 Å². The topological polar surface area (TPSA) is 56.2 Å². The average Bonchev–Trinajstić information content (AvgIpc) is 2.85. The van der Waals surface area contributed by atoms with Crippen LogP contribution in [0.4, 0.5) is 5.82 Å². The Bertz CT molecular complexity index is 487. The minimum atomic E-state index is 0.599. The van der Waals surface area contributed by atoms with Gasteiger partial charge in [-0.3, -0.25) is 0 Å². The van der Waals surface area contributed by atoms with E-state index in [2.05, 4.69) is 10.1 Å². The normalized spacial score (nSPS) is 21.2. The van der Waals surface area contributed by atoms with E-state index in [1.54, 1.807) is 16.8 Å². The zero-order chi connectivity index (χ0) is 10.3. The van der Waals surface area contributed by atoms with E-state index in [-0.39, 0.29) is 0 Å². The van der Waals surface area contributed by atoms with Gasteiger partial charge in [-0.1, -0.05) is 0 Å². The predicted octanol–water partition coefficient (Wildman–Crippen LogP) is 1.53. The number of rotatable bonds is 1. The van der Waals surface area contributed by atoms with Gasteiger partial charge in [0.25, 0.3) is 0 Å². The molecule has 2 N–H and O–H groups in total. The van der Waals surface area contributed by atoms with E-state index in [0.29, 0.717) is 11.7 Å². The van der Waals surface area contributed by atoms with Crippen molar-refractivity contribution in [2.45, 2.75) is 12.3 Å². The first-order chi connectivity index (χ1) is 7.36. The number of hydrogen-bond donors (Lipinski definition) is 1. The molecular weight excluding hydrogens is 208 g/mol. The maximum atomic E-state index is 5.82. The lowest BCUT2D eigenvalue weighted by molar-refractivity contribution is 0.786. The van der Waals surface area contributed by atoms with Gasteiger partial charge in [0.1, 0.15) is 5.82 Å². The maximum Gasteiger partial charge on any atom is 0.160 e. The molecule has 78 valence electrons. The van der Waals surface area contributed by atoms with E-state index in [9.17, 15) is 0 Å². The molecular formula is C10H12N4S. The van der Waals surface area contributed by atoms with E-state index < -0.39 is 0 Å². The Kier molecular flexibility index (Phi) is 2.05. The molecule has 1 saturated heterocycles. The van der Waals surface area contributed by atoms with Gasteiger partial charge >= 0.3 is 0 Å². The molecule has 15 heavy (non-hydrogen) atoms. The molecule has 3 heterocycles. The van der Waals surface area contributed by atoms with Crippen LogP contribution in [0.5, 0.6) is 0 Å². The number of thioether (sulfide) groups is 1. The highest BCUT2D eigenvalue weighted by atomic mass is 32.2. The highest BCUT2D eigenvalue weighted by molar-refractivity contribution is 7.99. The van der Waals surface area contributed by atoms with Crippen LogP contribution in [0.1, 0.15) is 17.9 Å². The molecule has 5 heteroatoms. The van der Waals surface area contributed by atoms with Crippen molar-refractivity contribution in [3.8, 4) is 0 Å². The van der Waals surface area contributed by atoms with Gasteiger partial charge < -0.3 is 5.73 Å². The summed E-state index contributed by atoms with van der Waals surface area (Å²) in [6.07, 6.45) is 4.88. The van der Waals surface area contributed by atoms with E-state index in [4.69, 9.17) is 5.73 Å². The number of nitrogen functional groups attached to an aromatic ring is 1. The summed E-state index contributed by atoms with van der Waals surface area (Å²) in [5, 5.41) is 4.28. The molecule has 1 aliphatic heterocycles. The number of nitrogens with two attached hydrogens (primary N) is 1. The molecule has 4 nitrogen and oxygen atoms in total. The second-order valence-electron chi connectivity index (χ2n) is 3.77. The van der Waals surface area contributed by atoms with E-state index in [0.717, 1.165) is 5.65 Å². The summed E-state index contributed by atoms with van der Waals surface area (Å²) in [4.78, 5) is 4.36. The molecule has 2 aromatic rings. The van der Waals surface area contributed by atoms with Crippen LogP contribution in [0.25, 0.3) is 5.65 Å². The first kappa shape index (κ1) is 9.03. The van der Waals surface area contributed by atoms with Crippen molar-refractivity contribution in [1.29, 1.82) is 0 Å². The number of hydrogen-bond acceptors (Lipinski definition) is 4. The van der Waals surface area contributed by atoms with Crippen LogP contribution in [-0.4, -0.2) is 26.1 Å². The fourth-order valence-corrected chi connectivity index (χ4v) is 3.24. The minimum Gasteiger partial charge on any atom is -0.384 e. The standard InChI is InChI=1S/C10H12N4S/c11-9-1-3-12-10-8(5-13-14(9)10)7-2-4-15-6-7/h1,3,5,7H,2,4,6,11H2. The van der Waals surface area contributed by atoms with Crippen molar-refractivity contribution in [1.82, 2.24) is 14.6 Å². The summed E-state index contributed by atoms with van der Waals surface area (Å²) in [6, 6.07) is 1.77. The van der Waals surface area contributed by atoms with Crippen molar-refractivity contribution >= 4 is 23.2 Å². The molecule has 1 aliphatic rings. The van der Waals surface area contributed by atoms with Crippen molar-refractivity contribution in [3.63, 3.8) is 0 Å². The molecule has 1 atom stereocenters. The second kappa shape index (κ2) is 3.41. The van der Waals surface area contributed by atoms with Crippen LogP contribution in [0, 0.1) is 0 Å². The third-order valence-corrected chi connectivity index (χ3v) is 3.99. The summed E-state index contributed by atoms with van der Waals surface area (Å²) in [5.74, 6) is 3.67. The Balaban J connectivity index is 2.15. The van der Waals surface area contributed by atoms with Crippen molar-refractivity contribution in [2.75, 3.05) is 17.2 Å². The van der Waals surface area contributed by atoms with Crippen LogP contribution >= 0.6 is 11.8 Å². The van der Waals surface area contributed by atoms with Crippen LogP contribution in [0.15, 0.2) is 18.5 Å². The van der Waals surface area contributed by atoms with Crippen LogP contribution in [-0.2, 0) is 0 Å². The fourth-order valence-electron chi connectivity index (χ4n) is 2.00. The van der Waals surface area contributed by atoms with E-state index in [1.807, 2.05) is 18.0 Å². The number of nitrogens with zero attached hydrogens (tertiary/aromatic N) is 3. The average molecular weight is 220 g/mol. The van der Waals surface area contributed by atoms with E-state index >= 15 is 0 Å². The highest BCUT2D eigenvalue weighted by Gasteiger charge is 2.21. The summed E-state index contributed by atoms with van der Waals surface area (Å²) in [5.41, 5.74) is 7.99. The number of anilines is 1. The van der Waals surface area contributed by atoms with Gasteiger partial charge in [0.05, 0.1) is 6.20 Å². The maximum absolute atomic E-state index is 5.82. The fraction of sp³-hybridized carbons (Fsp3) is 0.400. The number of aromatic nitrogens is 3. The largest absolute Gasteiger partial charge is 0.384 e. The Labute approximate surface area is 91.9 Å². The van der Waals surface area contributed by atoms with Gasteiger partial charge in [-0.2, -0.15) is 21.4 Å². The molecule has 0 aliphatic carbocycles. The molecule has 0 aromatic carbocycles. The molecule has 0 saturated carbocycles. The highest BCUT2D eigenvalue weighted by Crippen LogP contribution is 2.34. The number of fused-ring (bicyclic) bond motifs is 1. The third-order valence-electron chi connectivity index (χ3n) is 2.83. The van der Waals surface area contributed by atoms with E-state index in [1.165, 1.54) is 23.5 Å². The first-order valence-electron chi connectivity index (χ1n) is 5.02. The quantitative estimate of drug-likeness (QED) is 0.792. The Morgan fingerprint density at radius 1 is 1.53 bits per heavy atom. The van der Waals surface area contributed by atoms with Gasteiger partial charge in [0.15, 0.2) is 5.65 Å². The molecule has 0 bridgehead atoms. The monoisotopic (exact) mass is 220 g/mol. The van der Waals surface area contributed by atoms with Crippen molar-refractivity contribution in [2.24, 2.45) is 0 Å². The van der Waals surface area contributed by atoms with Crippen molar-refractivity contribution < 1.29 is 0 Å². The molecule has 1 unspecified atom stereocenters. The van der Waals surface area contributed by atoms with Crippen LogP contribution in [0.3, 0.4) is 0 Å². The molecule has 2 aromatic heterocycles. The molecule has 1 fully saturated rings.